The molecule has 0 saturated carbocycles. The van der Waals surface area contributed by atoms with Crippen LogP contribution in [0.25, 0.3) is 0 Å². The summed E-state index contributed by atoms with van der Waals surface area (Å²) in [5.41, 5.74) is 0.494. The van der Waals surface area contributed by atoms with Crippen molar-refractivity contribution >= 4 is 28.7 Å². The van der Waals surface area contributed by atoms with Gasteiger partial charge in [-0.3, -0.25) is 4.79 Å². The summed E-state index contributed by atoms with van der Waals surface area (Å²) in [6.07, 6.45) is 0.0836. The van der Waals surface area contributed by atoms with Crippen molar-refractivity contribution in [1.82, 2.24) is 0 Å². The summed E-state index contributed by atoms with van der Waals surface area (Å²) in [5, 5.41) is 1.76. The molecule has 2 aromatic rings. The van der Waals surface area contributed by atoms with Crippen molar-refractivity contribution < 1.29 is 13.9 Å². The van der Waals surface area contributed by atoms with Crippen LogP contribution >= 0.6 is 22.9 Å². The third kappa shape index (κ3) is 2.71. The van der Waals surface area contributed by atoms with Crippen LogP contribution in [0.3, 0.4) is 0 Å². The lowest BCUT2D eigenvalue weighted by atomic mass is 10.1. The van der Waals surface area contributed by atoms with Gasteiger partial charge in [-0.05, 0) is 11.6 Å². The number of rotatable bonds is 4. The Morgan fingerprint density at radius 1 is 1.50 bits per heavy atom. The van der Waals surface area contributed by atoms with Crippen LogP contribution in [0.15, 0.2) is 29.6 Å². The largest absolute Gasteiger partial charge is 0.496 e. The minimum absolute atomic E-state index is 0.00868. The molecule has 0 saturated heterocycles. The summed E-state index contributed by atoms with van der Waals surface area (Å²) < 4.78 is 18.2. The molecule has 0 N–H and O–H groups in total. The van der Waals surface area contributed by atoms with Gasteiger partial charge in [-0.2, -0.15) is 0 Å². The number of carbonyl (C=O) groups is 1. The molecule has 2 nitrogen and oxygen atoms in total. The maximum atomic E-state index is 13.2. The zero-order chi connectivity index (χ0) is 13.1. The Balaban J connectivity index is 2.18. The number of halogens is 2. The number of carbonyl (C=O) groups excluding carboxylic acids is 1. The second-order valence-electron chi connectivity index (χ2n) is 3.66. The van der Waals surface area contributed by atoms with Crippen molar-refractivity contribution in [2.75, 3.05) is 7.11 Å². The zero-order valence-corrected chi connectivity index (χ0v) is 11.1. The van der Waals surface area contributed by atoms with E-state index in [4.69, 9.17) is 16.3 Å². The van der Waals surface area contributed by atoms with Gasteiger partial charge in [0.15, 0.2) is 5.78 Å². The number of Topliss-reactive ketones (excluding diaryl/α,β-unsaturated/α-hetero) is 1. The first-order valence-corrected chi connectivity index (χ1v) is 6.46. The molecule has 0 aliphatic heterocycles. The highest BCUT2D eigenvalue weighted by Gasteiger charge is 2.14. The molecule has 0 bridgehead atoms. The molecule has 0 unspecified atom stereocenters. The van der Waals surface area contributed by atoms with Crippen LogP contribution in [0.4, 0.5) is 4.39 Å². The minimum atomic E-state index is -0.509. The van der Waals surface area contributed by atoms with Gasteiger partial charge in [0.05, 0.1) is 17.0 Å². The predicted molar refractivity (Wildman–Crippen MR) is 70.3 cm³/mol. The van der Waals surface area contributed by atoms with E-state index >= 15 is 0 Å². The molecular weight excluding hydrogens is 275 g/mol. The van der Waals surface area contributed by atoms with Gasteiger partial charge in [0, 0.05) is 17.9 Å². The molecule has 0 amide bonds. The number of thiophene rings is 1. The first kappa shape index (κ1) is 13.1. The summed E-state index contributed by atoms with van der Waals surface area (Å²) in [5.74, 6) is 0.0372. The highest BCUT2D eigenvalue weighted by atomic mass is 35.5. The highest BCUT2D eigenvalue weighted by molar-refractivity contribution is 7.12. The summed E-state index contributed by atoms with van der Waals surface area (Å²) in [4.78, 5) is 12.6. The number of benzene rings is 1. The molecule has 94 valence electrons. The Morgan fingerprint density at radius 3 is 2.94 bits per heavy atom. The average molecular weight is 285 g/mol. The van der Waals surface area contributed by atoms with Crippen molar-refractivity contribution in [2.45, 2.75) is 6.42 Å². The Hall–Kier alpha value is -1.39. The summed E-state index contributed by atoms with van der Waals surface area (Å²) in [6.45, 7) is 0. The average Bonchev–Trinajstić information content (AvgIpc) is 2.83. The van der Waals surface area contributed by atoms with Crippen molar-refractivity contribution in [1.29, 1.82) is 0 Å². The molecule has 2 rings (SSSR count). The maximum Gasteiger partial charge on any atom is 0.177 e. The summed E-state index contributed by atoms with van der Waals surface area (Å²) in [6, 6.07) is 6.12. The second-order valence-corrected chi connectivity index (χ2v) is 4.95. The summed E-state index contributed by atoms with van der Waals surface area (Å²) >= 11 is 7.11. The van der Waals surface area contributed by atoms with Crippen LogP contribution in [-0.4, -0.2) is 12.9 Å². The molecule has 0 spiro atoms. The smallest absolute Gasteiger partial charge is 0.177 e. The number of methoxy groups -OCH3 is 1. The fourth-order valence-electron chi connectivity index (χ4n) is 1.52. The van der Waals surface area contributed by atoms with Crippen LogP contribution in [-0.2, 0) is 6.42 Å². The topological polar surface area (TPSA) is 26.3 Å². The van der Waals surface area contributed by atoms with Crippen molar-refractivity contribution in [2.24, 2.45) is 0 Å². The lowest BCUT2D eigenvalue weighted by Gasteiger charge is -2.03. The third-order valence-corrected chi connectivity index (χ3v) is 3.84. The standard InChI is InChI=1S/C13H10ClFO2S/c1-17-9-6-12(18-7-9)11(16)5-8-3-2-4-10(15)13(8)14/h2-4,6-7H,5H2,1H3. The Morgan fingerprint density at radius 2 is 2.28 bits per heavy atom. The van der Waals surface area contributed by atoms with Crippen LogP contribution in [0, 0.1) is 5.82 Å². The van der Waals surface area contributed by atoms with Gasteiger partial charge in [0.1, 0.15) is 11.6 Å². The van der Waals surface area contributed by atoms with E-state index in [0.29, 0.717) is 16.2 Å². The molecular formula is C13H10ClFO2S. The zero-order valence-electron chi connectivity index (χ0n) is 9.57. The molecule has 0 radical (unpaired) electrons. The lowest BCUT2D eigenvalue weighted by Crippen LogP contribution is -2.02. The Labute approximate surface area is 113 Å². The van der Waals surface area contributed by atoms with Crippen molar-refractivity contribution in [3.63, 3.8) is 0 Å². The van der Waals surface area contributed by atoms with Gasteiger partial charge < -0.3 is 4.74 Å². The van der Waals surface area contributed by atoms with E-state index in [1.165, 1.54) is 17.4 Å². The maximum absolute atomic E-state index is 13.2. The van der Waals surface area contributed by atoms with Crippen molar-refractivity contribution in [3.05, 3.63) is 50.9 Å². The van der Waals surface area contributed by atoms with Crippen LogP contribution in [0.1, 0.15) is 15.2 Å². The molecule has 0 fully saturated rings. The lowest BCUT2D eigenvalue weighted by molar-refractivity contribution is 0.0996. The molecule has 0 atom stereocenters. The second kappa shape index (κ2) is 5.50. The molecule has 18 heavy (non-hydrogen) atoms. The van der Waals surface area contributed by atoms with Gasteiger partial charge in [-0.25, -0.2) is 4.39 Å². The van der Waals surface area contributed by atoms with Crippen molar-refractivity contribution in [3.8, 4) is 5.75 Å². The number of ether oxygens (including phenoxy) is 1. The van der Waals surface area contributed by atoms with Crippen LogP contribution < -0.4 is 4.74 Å². The molecule has 0 aliphatic rings. The third-order valence-electron chi connectivity index (χ3n) is 2.47. The Bertz CT molecular complexity index is 580. The fraction of sp³-hybridized carbons (Fsp3) is 0.154. The molecule has 1 aromatic carbocycles. The molecule has 1 aromatic heterocycles. The van der Waals surface area contributed by atoms with E-state index < -0.39 is 5.82 Å². The SMILES string of the molecule is COc1csc(C(=O)Cc2cccc(F)c2Cl)c1. The van der Waals surface area contributed by atoms with E-state index in [1.54, 1.807) is 30.7 Å². The van der Waals surface area contributed by atoms with E-state index in [1.807, 2.05) is 0 Å². The van der Waals surface area contributed by atoms with Gasteiger partial charge in [0.25, 0.3) is 0 Å². The highest BCUT2D eigenvalue weighted by Crippen LogP contribution is 2.25. The first-order valence-electron chi connectivity index (χ1n) is 5.20. The number of hydrogen-bond acceptors (Lipinski definition) is 3. The van der Waals surface area contributed by atoms with E-state index in [9.17, 15) is 9.18 Å². The van der Waals surface area contributed by atoms with Crippen LogP contribution in [0.2, 0.25) is 5.02 Å². The first-order chi connectivity index (χ1) is 8.61. The predicted octanol–water partition coefficient (Wildman–Crippen LogP) is 3.97. The quantitative estimate of drug-likeness (QED) is 0.794. The van der Waals surface area contributed by atoms with E-state index in [-0.39, 0.29) is 17.2 Å². The minimum Gasteiger partial charge on any atom is -0.496 e. The van der Waals surface area contributed by atoms with E-state index in [0.717, 1.165) is 0 Å². The number of ketones is 1. The molecule has 1 heterocycles. The summed E-state index contributed by atoms with van der Waals surface area (Å²) in [7, 11) is 1.54. The Kier molecular flexibility index (Phi) is 3.99. The molecule has 0 aliphatic carbocycles. The van der Waals surface area contributed by atoms with Gasteiger partial charge >= 0.3 is 0 Å². The van der Waals surface area contributed by atoms with Crippen LogP contribution in [0.5, 0.6) is 5.75 Å². The van der Waals surface area contributed by atoms with Gasteiger partial charge in [-0.15, -0.1) is 11.3 Å². The molecule has 5 heteroatoms. The number of hydrogen-bond donors (Lipinski definition) is 0. The van der Waals surface area contributed by atoms with Gasteiger partial charge in [0.2, 0.25) is 0 Å². The van der Waals surface area contributed by atoms with E-state index in [2.05, 4.69) is 0 Å². The monoisotopic (exact) mass is 284 g/mol. The normalized spacial score (nSPS) is 10.4. The fourth-order valence-corrected chi connectivity index (χ4v) is 2.51. The van der Waals surface area contributed by atoms with Gasteiger partial charge in [-0.1, -0.05) is 23.7 Å².